The number of hydrogen-bond acceptors (Lipinski definition) is 2. The van der Waals surface area contributed by atoms with Gasteiger partial charge in [0.1, 0.15) is 0 Å². The lowest BCUT2D eigenvalue weighted by Crippen LogP contribution is -2.10. The Hall–Kier alpha value is -14.5. The van der Waals surface area contributed by atoms with Gasteiger partial charge in [-0.3, -0.25) is 0 Å². The molecule has 6 heteroatoms. The average Bonchev–Trinajstić information content (AvgIpc) is 1.56. The minimum Gasteiger partial charge on any atom is -0.310 e. The number of nitrogens with zero attached hydrogens (tertiary/aromatic N) is 6. The second-order valence-electron chi connectivity index (χ2n) is 27.6. The topological polar surface area (TPSA) is 26.2 Å². The lowest BCUT2D eigenvalue weighted by molar-refractivity contribution is 1.16. The van der Waals surface area contributed by atoms with Crippen molar-refractivity contribution in [2.24, 2.45) is 0 Å². The van der Waals surface area contributed by atoms with Gasteiger partial charge in [-0.25, -0.2) is 0 Å². The van der Waals surface area contributed by atoms with Gasteiger partial charge in [0.25, 0.3) is 0 Å². The van der Waals surface area contributed by atoms with Crippen molar-refractivity contribution in [2.45, 2.75) is 0 Å². The summed E-state index contributed by atoms with van der Waals surface area (Å²) in [4.78, 5) is 4.71. The third-order valence-electron chi connectivity index (χ3n) is 21.3. The van der Waals surface area contributed by atoms with E-state index in [0.29, 0.717) is 0 Å². The summed E-state index contributed by atoms with van der Waals surface area (Å²) in [6.45, 7) is 0. The second-order valence-corrected chi connectivity index (χ2v) is 27.6. The zero-order chi connectivity index (χ0) is 71.4. The molecule has 0 atom stereocenters. The van der Waals surface area contributed by atoms with Crippen LogP contribution >= 0.6 is 0 Å². The molecule has 108 heavy (non-hydrogen) atoms. The predicted molar refractivity (Wildman–Crippen MR) is 456 cm³/mol. The van der Waals surface area contributed by atoms with Crippen LogP contribution < -0.4 is 9.80 Å². The molecule has 0 spiro atoms. The van der Waals surface area contributed by atoms with Crippen LogP contribution in [-0.4, -0.2) is 18.3 Å². The molecule has 0 aliphatic carbocycles. The van der Waals surface area contributed by atoms with Crippen molar-refractivity contribution in [1.29, 1.82) is 0 Å². The highest BCUT2D eigenvalue weighted by molar-refractivity contribution is 6.21. The van der Waals surface area contributed by atoms with Crippen molar-refractivity contribution in [2.75, 3.05) is 9.80 Å². The number of fused-ring (bicyclic) bond motifs is 12. The van der Waals surface area contributed by atoms with E-state index < -0.39 is 0 Å². The molecule has 4 heterocycles. The quantitative estimate of drug-likeness (QED) is 0.115. The Morgan fingerprint density at radius 2 is 0.389 bits per heavy atom. The van der Waals surface area contributed by atoms with E-state index in [2.05, 4.69) is 453 Å². The predicted octanol–water partition coefficient (Wildman–Crippen LogP) is 27.7. The van der Waals surface area contributed by atoms with Crippen LogP contribution in [0.1, 0.15) is 0 Å². The molecule has 508 valence electrons. The molecule has 6 nitrogen and oxygen atoms in total. The average molecular weight is 1380 g/mol. The van der Waals surface area contributed by atoms with E-state index in [4.69, 9.17) is 0 Å². The van der Waals surface area contributed by atoms with Gasteiger partial charge in [0.2, 0.25) is 0 Å². The SMILES string of the molecule is c1ccc(-c2ccc(N(c3ccccc3)c3ccc4c5cc6c7ccccc7n(-c7ccccc7)c6cc5n(-c5cccc(-c6ccccc6)c5)c4c3)cc2)cc1.c1ccc(-c2ccc(N(c3ccccc3)c3cccc(-n4c5ccccc5c5cc6c7ccccc7n(-c7ccccc7)c6cc54)c3)cc2)cc1. The molecule has 4 aromatic heterocycles. The van der Waals surface area contributed by atoms with E-state index in [-0.39, 0.29) is 0 Å². The first kappa shape index (κ1) is 63.2. The molecule has 0 saturated heterocycles. The van der Waals surface area contributed by atoms with Crippen molar-refractivity contribution < 1.29 is 0 Å². The third-order valence-corrected chi connectivity index (χ3v) is 21.3. The van der Waals surface area contributed by atoms with Gasteiger partial charge in [-0.1, -0.05) is 267 Å². The molecule has 0 saturated carbocycles. The van der Waals surface area contributed by atoms with Crippen molar-refractivity contribution >= 4 is 121 Å². The lowest BCUT2D eigenvalue weighted by atomic mass is 10.0. The molecule has 0 unspecified atom stereocenters. The Morgan fingerprint density at radius 3 is 0.815 bits per heavy atom. The summed E-state index contributed by atoms with van der Waals surface area (Å²) >= 11 is 0. The van der Waals surface area contributed by atoms with Crippen LogP contribution in [0.2, 0.25) is 0 Å². The summed E-state index contributed by atoms with van der Waals surface area (Å²) in [5.41, 5.74) is 27.8. The van der Waals surface area contributed by atoms with Gasteiger partial charge >= 0.3 is 0 Å². The Balaban J connectivity index is 0.000000143. The summed E-state index contributed by atoms with van der Waals surface area (Å²) in [5, 5.41) is 9.93. The summed E-state index contributed by atoms with van der Waals surface area (Å²) in [6.07, 6.45) is 0. The maximum atomic E-state index is 2.47. The minimum absolute atomic E-state index is 1.09. The molecular formula is C102H70N6. The van der Waals surface area contributed by atoms with Gasteiger partial charge < -0.3 is 28.1 Å². The second kappa shape index (κ2) is 27.0. The monoisotopic (exact) mass is 1380 g/mol. The van der Waals surface area contributed by atoms with Gasteiger partial charge in [-0.2, -0.15) is 0 Å². The van der Waals surface area contributed by atoms with Crippen LogP contribution in [0, 0.1) is 0 Å². The van der Waals surface area contributed by atoms with Gasteiger partial charge in [0.05, 0.1) is 44.1 Å². The highest BCUT2D eigenvalue weighted by Crippen LogP contribution is 2.46. The Labute approximate surface area is 626 Å². The summed E-state index contributed by atoms with van der Waals surface area (Å²) in [7, 11) is 0. The first-order valence-electron chi connectivity index (χ1n) is 37.0. The molecule has 0 amide bonds. The van der Waals surface area contributed by atoms with Crippen molar-refractivity contribution in [3.63, 3.8) is 0 Å². The highest BCUT2D eigenvalue weighted by Gasteiger charge is 2.24. The van der Waals surface area contributed by atoms with Crippen LogP contribution in [0.25, 0.3) is 143 Å². The fourth-order valence-corrected chi connectivity index (χ4v) is 16.4. The largest absolute Gasteiger partial charge is 0.310 e. The van der Waals surface area contributed by atoms with E-state index in [1.807, 2.05) is 0 Å². The molecule has 17 aromatic carbocycles. The van der Waals surface area contributed by atoms with Crippen LogP contribution in [0.4, 0.5) is 34.1 Å². The smallest absolute Gasteiger partial charge is 0.0562 e. The van der Waals surface area contributed by atoms with Crippen molar-refractivity contribution in [1.82, 2.24) is 18.3 Å². The Bertz CT molecular complexity index is 6870. The van der Waals surface area contributed by atoms with Gasteiger partial charge in [-0.15, -0.1) is 0 Å². The molecule has 0 aliphatic heterocycles. The van der Waals surface area contributed by atoms with E-state index in [9.17, 15) is 0 Å². The first-order chi connectivity index (χ1) is 53.6. The van der Waals surface area contributed by atoms with Crippen LogP contribution in [0.15, 0.2) is 425 Å². The number of rotatable bonds is 13. The van der Waals surface area contributed by atoms with Gasteiger partial charge in [-0.05, 0) is 191 Å². The number of para-hydroxylation sites is 7. The summed E-state index contributed by atoms with van der Waals surface area (Å²) < 4.78 is 9.71. The molecule has 21 rings (SSSR count). The number of aromatic nitrogens is 4. The van der Waals surface area contributed by atoms with Crippen LogP contribution in [0.3, 0.4) is 0 Å². The zero-order valence-electron chi connectivity index (χ0n) is 59.1. The van der Waals surface area contributed by atoms with Gasteiger partial charge in [0, 0.05) is 100.0 Å². The summed E-state index contributed by atoms with van der Waals surface area (Å²) in [6, 6.07) is 153. The Kier molecular flexibility index (Phi) is 15.8. The fraction of sp³-hybridized carbons (Fsp3) is 0. The normalized spacial score (nSPS) is 11.5. The molecule has 0 N–H and O–H groups in total. The number of hydrogen-bond donors (Lipinski definition) is 0. The molecule has 0 bridgehead atoms. The molecular weight excluding hydrogens is 1310 g/mol. The molecule has 0 radical (unpaired) electrons. The van der Waals surface area contributed by atoms with E-state index in [1.54, 1.807) is 0 Å². The van der Waals surface area contributed by atoms with Crippen molar-refractivity contribution in [3.8, 4) is 56.1 Å². The standard InChI is InChI=1S/C54H37N3.C48H33N3/c1-5-16-38(17-6-1)40-28-30-44(31-29-40)55(42-21-9-3-10-22-42)46-32-33-48-50-36-49-47-26-13-14-27-51(47)56(43-23-11-4-12-24-43)53(49)37-54(50)57(52(48)35-46)45-25-15-20-41(34-45)39-18-7-2-8-19-39;1-4-15-34(16-5-1)35-27-29-38(30-28-35)49(36-17-6-2-7-18-36)39-21-14-22-40(31-39)51-46-26-13-11-24-42(46)44-32-43-41-23-10-12-25-45(41)50(47(43)33-48(44)51)37-19-8-3-9-20-37/h1-37H;1-33H. The van der Waals surface area contributed by atoms with Crippen LogP contribution in [-0.2, 0) is 0 Å². The van der Waals surface area contributed by atoms with Gasteiger partial charge in [0.15, 0.2) is 0 Å². The number of anilines is 6. The number of benzene rings is 17. The first-order valence-corrected chi connectivity index (χ1v) is 37.0. The summed E-state index contributed by atoms with van der Waals surface area (Å²) in [5.74, 6) is 0. The maximum Gasteiger partial charge on any atom is 0.0562 e. The zero-order valence-corrected chi connectivity index (χ0v) is 59.1. The van der Waals surface area contributed by atoms with Crippen molar-refractivity contribution in [3.05, 3.63) is 425 Å². The highest BCUT2D eigenvalue weighted by atomic mass is 15.2. The third kappa shape index (κ3) is 11.1. The molecule has 0 aliphatic rings. The van der Waals surface area contributed by atoms with Crippen LogP contribution in [0.5, 0.6) is 0 Å². The minimum atomic E-state index is 1.09. The lowest BCUT2D eigenvalue weighted by Gasteiger charge is -2.26. The maximum absolute atomic E-state index is 2.47. The van der Waals surface area contributed by atoms with E-state index >= 15 is 0 Å². The van der Waals surface area contributed by atoms with E-state index in [1.165, 1.54) is 115 Å². The van der Waals surface area contributed by atoms with E-state index in [0.717, 1.165) is 62.4 Å². The molecule has 21 aromatic rings. The fourth-order valence-electron chi connectivity index (χ4n) is 16.4. The molecule has 0 fully saturated rings. The Morgan fingerprint density at radius 1 is 0.130 bits per heavy atom.